The van der Waals surface area contributed by atoms with Gasteiger partial charge in [0.2, 0.25) is 5.91 Å². The Balaban J connectivity index is 2.48. The van der Waals surface area contributed by atoms with Gasteiger partial charge in [-0.1, -0.05) is 19.9 Å². The molecule has 0 aromatic heterocycles. The van der Waals surface area contributed by atoms with Gasteiger partial charge < -0.3 is 15.2 Å². The Morgan fingerprint density at radius 1 is 1.23 bits per heavy atom. The van der Waals surface area contributed by atoms with Gasteiger partial charge in [-0.25, -0.2) is 8.78 Å². The third kappa shape index (κ3) is 5.69. The minimum atomic E-state index is -0.981. The predicted molar refractivity (Wildman–Crippen MR) is 79.4 cm³/mol. The summed E-state index contributed by atoms with van der Waals surface area (Å²) in [6.07, 6.45) is -0.861. The van der Waals surface area contributed by atoms with Crippen LogP contribution in [0, 0.1) is 17.6 Å². The minimum absolute atomic E-state index is 0.0304. The Kier molecular flexibility index (Phi) is 7.41. The van der Waals surface area contributed by atoms with Crippen molar-refractivity contribution in [1.29, 1.82) is 0 Å². The van der Waals surface area contributed by atoms with Crippen molar-refractivity contribution in [3.05, 3.63) is 35.4 Å². The summed E-state index contributed by atoms with van der Waals surface area (Å²) in [7, 11) is 0. The van der Waals surface area contributed by atoms with E-state index < -0.39 is 29.6 Å². The first-order chi connectivity index (χ1) is 10.3. The van der Waals surface area contributed by atoms with Gasteiger partial charge in [0.05, 0.1) is 18.6 Å². The van der Waals surface area contributed by atoms with Gasteiger partial charge in [0.15, 0.2) is 0 Å². The molecule has 2 atom stereocenters. The van der Waals surface area contributed by atoms with Crippen LogP contribution >= 0.6 is 0 Å². The normalized spacial score (nSPS) is 14.0. The standard InChI is InChI=1S/C16H23F2NO3/c1-10(2)8-22-9-12(20)7-19-16(21)11(3)15-13(17)5-4-6-14(15)18/h4-6,10-12,20H,7-9H2,1-3H3,(H,19,21). The molecule has 0 saturated heterocycles. The van der Waals surface area contributed by atoms with Crippen molar-refractivity contribution in [3.63, 3.8) is 0 Å². The maximum Gasteiger partial charge on any atom is 0.227 e. The second kappa shape index (κ2) is 8.80. The number of hydrogen-bond acceptors (Lipinski definition) is 3. The summed E-state index contributed by atoms with van der Waals surface area (Å²) >= 11 is 0. The molecule has 1 aromatic rings. The van der Waals surface area contributed by atoms with E-state index in [4.69, 9.17) is 4.74 Å². The van der Waals surface area contributed by atoms with E-state index in [1.807, 2.05) is 13.8 Å². The van der Waals surface area contributed by atoms with Crippen molar-refractivity contribution in [1.82, 2.24) is 5.32 Å². The highest BCUT2D eigenvalue weighted by Gasteiger charge is 2.22. The van der Waals surface area contributed by atoms with E-state index in [0.29, 0.717) is 12.5 Å². The average Bonchev–Trinajstić information content (AvgIpc) is 2.44. The van der Waals surface area contributed by atoms with Crippen LogP contribution in [0.4, 0.5) is 8.78 Å². The van der Waals surface area contributed by atoms with Crippen molar-refractivity contribution < 1.29 is 23.4 Å². The van der Waals surface area contributed by atoms with Crippen LogP contribution in [0.25, 0.3) is 0 Å². The topological polar surface area (TPSA) is 58.6 Å². The lowest BCUT2D eigenvalue weighted by molar-refractivity contribution is -0.123. The third-order valence-electron chi connectivity index (χ3n) is 3.10. The maximum atomic E-state index is 13.6. The number of halogens is 2. The highest BCUT2D eigenvalue weighted by Crippen LogP contribution is 2.22. The van der Waals surface area contributed by atoms with Gasteiger partial charge in [0.25, 0.3) is 0 Å². The molecule has 2 unspecified atom stereocenters. The number of nitrogens with one attached hydrogen (secondary N) is 1. The van der Waals surface area contributed by atoms with Crippen molar-refractivity contribution in [3.8, 4) is 0 Å². The monoisotopic (exact) mass is 315 g/mol. The molecular formula is C16H23F2NO3. The van der Waals surface area contributed by atoms with E-state index in [1.54, 1.807) is 0 Å². The molecule has 4 nitrogen and oxygen atoms in total. The summed E-state index contributed by atoms with van der Waals surface area (Å²) in [4.78, 5) is 11.9. The fraction of sp³-hybridized carbons (Fsp3) is 0.562. The number of hydrogen-bond donors (Lipinski definition) is 2. The van der Waals surface area contributed by atoms with Crippen LogP contribution in [0.3, 0.4) is 0 Å². The number of ether oxygens (including phenoxy) is 1. The van der Waals surface area contributed by atoms with E-state index in [1.165, 1.54) is 13.0 Å². The maximum absolute atomic E-state index is 13.6. The fourth-order valence-electron chi connectivity index (χ4n) is 1.93. The van der Waals surface area contributed by atoms with Crippen molar-refractivity contribution in [2.75, 3.05) is 19.8 Å². The summed E-state index contributed by atoms with van der Waals surface area (Å²) in [5.41, 5.74) is -0.273. The lowest BCUT2D eigenvalue weighted by Crippen LogP contribution is -2.37. The molecule has 6 heteroatoms. The number of rotatable bonds is 8. The number of aliphatic hydroxyl groups excluding tert-OH is 1. The first-order valence-corrected chi connectivity index (χ1v) is 7.30. The number of aliphatic hydroxyl groups is 1. The molecule has 0 radical (unpaired) electrons. The zero-order valence-corrected chi connectivity index (χ0v) is 13.1. The van der Waals surface area contributed by atoms with Crippen molar-refractivity contribution in [2.45, 2.75) is 32.8 Å². The predicted octanol–water partition coefficient (Wildman–Crippen LogP) is 2.22. The SMILES string of the molecule is CC(C)COCC(O)CNC(=O)C(C)c1c(F)cccc1F. The molecule has 0 aliphatic carbocycles. The van der Waals surface area contributed by atoms with Gasteiger partial charge in [-0.15, -0.1) is 0 Å². The highest BCUT2D eigenvalue weighted by atomic mass is 19.1. The Labute approximate surface area is 129 Å². The number of amides is 1. The first kappa shape index (κ1) is 18.5. The van der Waals surface area contributed by atoms with Gasteiger partial charge in [-0.05, 0) is 25.0 Å². The Bertz CT molecular complexity index is 474. The molecule has 22 heavy (non-hydrogen) atoms. The lowest BCUT2D eigenvalue weighted by Gasteiger charge is -2.17. The lowest BCUT2D eigenvalue weighted by atomic mass is 9.99. The summed E-state index contributed by atoms with van der Waals surface area (Å²) in [5, 5.41) is 12.2. The van der Waals surface area contributed by atoms with Crippen molar-refractivity contribution >= 4 is 5.91 Å². The molecular weight excluding hydrogens is 292 g/mol. The smallest absolute Gasteiger partial charge is 0.227 e. The quantitative estimate of drug-likeness (QED) is 0.773. The van der Waals surface area contributed by atoms with Crippen LogP contribution in [0.5, 0.6) is 0 Å². The number of carbonyl (C=O) groups is 1. The van der Waals surface area contributed by atoms with Gasteiger partial charge in [-0.2, -0.15) is 0 Å². The summed E-state index contributed by atoms with van der Waals surface area (Å²) in [6, 6.07) is 3.46. The van der Waals surface area contributed by atoms with E-state index >= 15 is 0 Å². The number of benzene rings is 1. The van der Waals surface area contributed by atoms with Crippen LogP contribution in [0.15, 0.2) is 18.2 Å². The summed E-state index contributed by atoms with van der Waals surface area (Å²) < 4.78 is 32.5. The van der Waals surface area contributed by atoms with Crippen LogP contribution in [-0.4, -0.2) is 36.9 Å². The van der Waals surface area contributed by atoms with E-state index in [0.717, 1.165) is 12.1 Å². The second-order valence-corrected chi connectivity index (χ2v) is 5.69. The Hall–Kier alpha value is -1.53. The molecule has 1 aromatic carbocycles. The fourth-order valence-corrected chi connectivity index (χ4v) is 1.93. The minimum Gasteiger partial charge on any atom is -0.389 e. The molecule has 0 spiro atoms. The van der Waals surface area contributed by atoms with Gasteiger partial charge >= 0.3 is 0 Å². The van der Waals surface area contributed by atoms with E-state index in [2.05, 4.69) is 5.32 Å². The molecule has 0 saturated carbocycles. The zero-order chi connectivity index (χ0) is 16.7. The van der Waals surface area contributed by atoms with Crippen LogP contribution in [0.1, 0.15) is 32.3 Å². The first-order valence-electron chi connectivity index (χ1n) is 7.30. The molecule has 0 aliphatic rings. The van der Waals surface area contributed by atoms with Gasteiger partial charge in [0, 0.05) is 18.7 Å². The molecule has 0 bridgehead atoms. The highest BCUT2D eigenvalue weighted by molar-refractivity contribution is 5.83. The molecule has 1 rings (SSSR count). The van der Waals surface area contributed by atoms with Gasteiger partial charge in [0.1, 0.15) is 11.6 Å². The van der Waals surface area contributed by atoms with Crippen LogP contribution in [0.2, 0.25) is 0 Å². The van der Waals surface area contributed by atoms with E-state index in [-0.39, 0.29) is 18.7 Å². The second-order valence-electron chi connectivity index (χ2n) is 5.69. The molecule has 0 heterocycles. The van der Waals surface area contributed by atoms with Crippen LogP contribution < -0.4 is 5.32 Å². The molecule has 1 amide bonds. The third-order valence-corrected chi connectivity index (χ3v) is 3.10. The zero-order valence-electron chi connectivity index (χ0n) is 13.1. The van der Waals surface area contributed by atoms with Gasteiger partial charge in [-0.3, -0.25) is 4.79 Å². The Morgan fingerprint density at radius 3 is 2.36 bits per heavy atom. The molecule has 124 valence electrons. The summed E-state index contributed by atoms with van der Waals surface area (Å²) in [5.74, 6) is -2.70. The Morgan fingerprint density at radius 2 is 1.82 bits per heavy atom. The number of carbonyl (C=O) groups excluding carboxylic acids is 1. The summed E-state index contributed by atoms with van der Waals surface area (Å²) in [6.45, 7) is 5.97. The largest absolute Gasteiger partial charge is 0.389 e. The molecule has 0 aliphatic heterocycles. The van der Waals surface area contributed by atoms with Crippen molar-refractivity contribution in [2.24, 2.45) is 5.92 Å². The average molecular weight is 315 g/mol. The van der Waals surface area contributed by atoms with E-state index in [9.17, 15) is 18.7 Å². The molecule has 2 N–H and O–H groups in total. The molecule has 0 fully saturated rings. The van der Waals surface area contributed by atoms with Crippen LogP contribution in [-0.2, 0) is 9.53 Å².